The van der Waals surface area contributed by atoms with Gasteiger partial charge in [0.15, 0.2) is 0 Å². The molecule has 118 valence electrons. The molecule has 1 aliphatic rings. The van der Waals surface area contributed by atoms with Crippen molar-refractivity contribution in [3.8, 4) is 5.69 Å². The maximum absolute atomic E-state index is 12.4. The number of hydrogen-bond donors (Lipinski definition) is 1. The van der Waals surface area contributed by atoms with Gasteiger partial charge in [-0.15, -0.1) is 12.4 Å². The van der Waals surface area contributed by atoms with Gasteiger partial charge in [-0.05, 0) is 49.6 Å². The predicted molar refractivity (Wildman–Crippen MR) is 88.7 cm³/mol. The standard InChI is InChI=1S/C16H20N4O.ClH/c1-12-10-18-20(11-12)15-4-2-13(3-5-15)16(21)19-8-6-14(17)7-9-19;/h2-5,10-11,14H,6-9,17H2,1H3;1H. The van der Waals surface area contributed by atoms with Gasteiger partial charge in [0.1, 0.15) is 0 Å². The van der Waals surface area contributed by atoms with Gasteiger partial charge < -0.3 is 10.6 Å². The molecule has 1 amide bonds. The number of likely N-dealkylation sites (tertiary alicyclic amines) is 1. The first-order valence-corrected chi connectivity index (χ1v) is 7.30. The number of benzene rings is 1. The molecule has 1 aliphatic heterocycles. The van der Waals surface area contributed by atoms with Crippen molar-refractivity contribution < 1.29 is 4.79 Å². The zero-order valence-corrected chi connectivity index (χ0v) is 13.4. The Hall–Kier alpha value is -1.85. The predicted octanol–water partition coefficient (Wildman–Crippen LogP) is 2.17. The molecule has 1 fully saturated rings. The summed E-state index contributed by atoms with van der Waals surface area (Å²) < 4.78 is 1.81. The number of carbonyl (C=O) groups excluding carboxylic acids is 1. The third-order valence-electron chi connectivity index (χ3n) is 3.92. The Labute approximate surface area is 136 Å². The first-order chi connectivity index (χ1) is 10.1. The average molecular weight is 321 g/mol. The van der Waals surface area contributed by atoms with Crippen LogP contribution in [-0.4, -0.2) is 39.7 Å². The van der Waals surface area contributed by atoms with Gasteiger partial charge in [-0.3, -0.25) is 4.79 Å². The fraction of sp³-hybridized carbons (Fsp3) is 0.375. The highest BCUT2D eigenvalue weighted by molar-refractivity contribution is 5.94. The Morgan fingerprint density at radius 3 is 2.41 bits per heavy atom. The smallest absolute Gasteiger partial charge is 0.253 e. The Balaban J connectivity index is 0.00000176. The van der Waals surface area contributed by atoms with E-state index in [0.717, 1.165) is 42.7 Å². The highest BCUT2D eigenvalue weighted by atomic mass is 35.5. The molecule has 1 saturated heterocycles. The third kappa shape index (κ3) is 3.48. The normalized spacial score (nSPS) is 15.5. The van der Waals surface area contributed by atoms with Gasteiger partial charge in [0, 0.05) is 30.9 Å². The molecule has 1 aromatic carbocycles. The molecule has 0 bridgehead atoms. The van der Waals surface area contributed by atoms with Crippen molar-refractivity contribution in [2.75, 3.05) is 13.1 Å². The second-order valence-corrected chi connectivity index (χ2v) is 5.64. The van der Waals surface area contributed by atoms with Crippen LogP contribution in [-0.2, 0) is 0 Å². The quantitative estimate of drug-likeness (QED) is 0.922. The molecule has 0 saturated carbocycles. The summed E-state index contributed by atoms with van der Waals surface area (Å²) in [7, 11) is 0. The lowest BCUT2D eigenvalue weighted by Gasteiger charge is -2.30. The second-order valence-electron chi connectivity index (χ2n) is 5.64. The Morgan fingerprint density at radius 2 is 1.86 bits per heavy atom. The zero-order valence-electron chi connectivity index (χ0n) is 12.6. The molecule has 0 atom stereocenters. The van der Waals surface area contributed by atoms with Crippen LogP contribution >= 0.6 is 12.4 Å². The number of rotatable bonds is 2. The second kappa shape index (κ2) is 6.94. The Morgan fingerprint density at radius 1 is 1.23 bits per heavy atom. The minimum absolute atomic E-state index is 0. The lowest BCUT2D eigenvalue weighted by atomic mass is 10.0. The fourth-order valence-corrected chi connectivity index (χ4v) is 2.60. The average Bonchev–Trinajstić information content (AvgIpc) is 2.94. The van der Waals surface area contributed by atoms with E-state index in [9.17, 15) is 4.79 Å². The minimum Gasteiger partial charge on any atom is -0.339 e. The van der Waals surface area contributed by atoms with E-state index in [1.807, 2.05) is 53.2 Å². The van der Waals surface area contributed by atoms with Crippen molar-refractivity contribution in [3.05, 3.63) is 47.8 Å². The van der Waals surface area contributed by atoms with Crippen LogP contribution in [0.4, 0.5) is 0 Å². The fourth-order valence-electron chi connectivity index (χ4n) is 2.60. The summed E-state index contributed by atoms with van der Waals surface area (Å²) in [5.41, 5.74) is 8.66. The summed E-state index contributed by atoms with van der Waals surface area (Å²) in [4.78, 5) is 14.3. The highest BCUT2D eigenvalue weighted by Gasteiger charge is 2.21. The van der Waals surface area contributed by atoms with Crippen molar-refractivity contribution in [1.29, 1.82) is 0 Å². The van der Waals surface area contributed by atoms with Gasteiger partial charge in [0.2, 0.25) is 0 Å². The number of nitrogens with two attached hydrogens (primary N) is 1. The molecule has 3 rings (SSSR count). The van der Waals surface area contributed by atoms with E-state index < -0.39 is 0 Å². The maximum Gasteiger partial charge on any atom is 0.253 e. The van der Waals surface area contributed by atoms with E-state index in [1.54, 1.807) is 0 Å². The molecule has 0 spiro atoms. The summed E-state index contributed by atoms with van der Waals surface area (Å²) in [6, 6.07) is 7.82. The topological polar surface area (TPSA) is 64.2 Å². The van der Waals surface area contributed by atoms with E-state index in [0.29, 0.717) is 0 Å². The lowest BCUT2D eigenvalue weighted by Crippen LogP contribution is -2.42. The monoisotopic (exact) mass is 320 g/mol. The van der Waals surface area contributed by atoms with Crippen LogP contribution in [0.15, 0.2) is 36.7 Å². The van der Waals surface area contributed by atoms with Crippen LogP contribution in [0.3, 0.4) is 0 Å². The van der Waals surface area contributed by atoms with Crippen molar-refractivity contribution in [1.82, 2.24) is 14.7 Å². The zero-order chi connectivity index (χ0) is 14.8. The van der Waals surface area contributed by atoms with Crippen LogP contribution in [0, 0.1) is 6.92 Å². The number of hydrogen-bond acceptors (Lipinski definition) is 3. The van der Waals surface area contributed by atoms with Crippen molar-refractivity contribution in [2.45, 2.75) is 25.8 Å². The number of carbonyl (C=O) groups is 1. The molecule has 1 aromatic heterocycles. The van der Waals surface area contributed by atoms with Gasteiger partial charge in [0.25, 0.3) is 5.91 Å². The summed E-state index contributed by atoms with van der Waals surface area (Å²) in [6.45, 7) is 3.50. The number of piperidine rings is 1. The van der Waals surface area contributed by atoms with E-state index in [4.69, 9.17) is 5.73 Å². The molecule has 2 N–H and O–H groups in total. The molecule has 0 aliphatic carbocycles. The molecule has 0 radical (unpaired) electrons. The van der Waals surface area contributed by atoms with E-state index in [2.05, 4.69) is 5.10 Å². The summed E-state index contributed by atoms with van der Waals surface area (Å²) >= 11 is 0. The number of halogens is 1. The van der Waals surface area contributed by atoms with Gasteiger partial charge in [-0.1, -0.05) is 0 Å². The van der Waals surface area contributed by atoms with Crippen LogP contribution in [0.25, 0.3) is 5.69 Å². The number of aromatic nitrogens is 2. The van der Waals surface area contributed by atoms with Gasteiger partial charge in [0.05, 0.1) is 11.9 Å². The van der Waals surface area contributed by atoms with Crippen molar-refractivity contribution in [3.63, 3.8) is 0 Å². The Kier molecular flexibility index (Phi) is 5.21. The van der Waals surface area contributed by atoms with Crippen molar-refractivity contribution in [2.24, 2.45) is 5.73 Å². The van der Waals surface area contributed by atoms with E-state index >= 15 is 0 Å². The van der Waals surface area contributed by atoms with Gasteiger partial charge >= 0.3 is 0 Å². The van der Waals surface area contributed by atoms with Crippen LogP contribution in [0.1, 0.15) is 28.8 Å². The largest absolute Gasteiger partial charge is 0.339 e. The summed E-state index contributed by atoms with van der Waals surface area (Å²) in [6.07, 6.45) is 5.55. The molecule has 5 nitrogen and oxygen atoms in total. The first-order valence-electron chi connectivity index (χ1n) is 7.30. The number of amides is 1. The van der Waals surface area contributed by atoms with Gasteiger partial charge in [-0.25, -0.2) is 4.68 Å². The molecular weight excluding hydrogens is 300 g/mol. The van der Waals surface area contributed by atoms with Crippen LogP contribution < -0.4 is 5.73 Å². The number of nitrogens with zero attached hydrogens (tertiary/aromatic N) is 3. The SMILES string of the molecule is Cc1cnn(-c2ccc(C(=O)N3CCC(N)CC3)cc2)c1.Cl. The third-order valence-corrected chi connectivity index (χ3v) is 3.92. The van der Waals surface area contributed by atoms with E-state index in [1.165, 1.54) is 0 Å². The van der Waals surface area contributed by atoms with Crippen LogP contribution in [0.5, 0.6) is 0 Å². The Bertz CT molecular complexity index is 630. The van der Waals surface area contributed by atoms with Gasteiger partial charge in [-0.2, -0.15) is 5.10 Å². The molecule has 0 unspecified atom stereocenters. The molecule has 2 heterocycles. The molecular formula is C16H21ClN4O. The summed E-state index contributed by atoms with van der Waals surface area (Å²) in [5.74, 6) is 0.0881. The lowest BCUT2D eigenvalue weighted by molar-refractivity contribution is 0.0715. The number of aryl methyl sites for hydroxylation is 1. The van der Waals surface area contributed by atoms with Crippen molar-refractivity contribution >= 4 is 18.3 Å². The van der Waals surface area contributed by atoms with Crippen LogP contribution in [0.2, 0.25) is 0 Å². The summed E-state index contributed by atoms with van der Waals surface area (Å²) in [5, 5.41) is 4.27. The molecule has 22 heavy (non-hydrogen) atoms. The molecule has 6 heteroatoms. The first kappa shape index (κ1) is 16.5. The molecule has 2 aromatic rings. The minimum atomic E-state index is 0. The van der Waals surface area contributed by atoms with E-state index in [-0.39, 0.29) is 24.4 Å². The maximum atomic E-state index is 12.4. The highest BCUT2D eigenvalue weighted by Crippen LogP contribution is 2.15.